The number of azide groups is 2. The Morgan fingerprint density at radius 1 is 1.25 bits per heavy atom. The molecule has 0 aliphatic carbocycles. The Morgan fingerprint density at radius 3 is 2.30 bits per heavy atom. The Hall–Kier alpha value is -2.11. The van der Waals surface area contributed by atoms with E-state index in [1.165, 1.54) is 4.90 Å². The second-order valence-electron chi connectivity index (χ2n) is 5.76. The summed E-state index contributed by atoms with van der Waals surface area (Å²) in [7, 11) is 0. The molecular formula is C11H19N7O2. The fraction of sp³-hybridized carbons (Fsp3) is 0.909. The van der Waals surface area contributed by atoms with E-state index < -0.39 is 23.8 Å². The lowest BCUT2D eigenvalue weighted by atomic mass is 9.95. The van der Waals surface area contributed by atoms with Crippen LogP contribution in [0.3, 0.4) is 0 Å². The van der Waals surface area contributed by atoms with Crippen molar-refractivity contribution in [2.45, 2.75) is 57.8 Å². The summed E-state index contributed by atoms with van der Waals surface area (Å²) >= 11 is 0. The zero-order valence-electron chi connectivity index (χ0n) is 12.1. The van der Waals surface area contributed by atoms with Crippen LogP contribution in [0, 0.1) is 0 Å². The molecule has 0 spiro atoms. The molecule has 9 nitrogen and oxygen atoms in total. The number of hydrogen-bond donors (Lipinski definition) is 0. The van der Waals surface area contributed by atoms with Crippen molar-refractivity contribution in [1.29, 1.82) is 0 Å². The molecule has 0 N–H and O–H groups in total. The van der Waals surface area contributed by atoms with E-state index in [0.717, 1.165) is 0 Å². The van der Waals surface area contributed by atoms with E-state index in [9.17, 15) is 4.79 Å². The number of nitrogens with zero attached hydrogens (tertiary/aromatic N) is 7. The smallest absolute Gasteiger partial charge is 0.410 e. The highest BCUT2D eigenvalue weighted by molar-refractivity contribution is 5.68. The highest BCUT2D eigenvalue weighted by Gasteiger charge is 2.36. The van der Waals surface area contributed by atoms with Crippen LogP contribution >= 0.6 is 0 Å². The highest BCUT2D eigenvalue weighted by Crippen LogP contribution is 2.24. The number of piperidine rings is 1. The Balaban J connectivity index is 2.87. The van der Waals surface area contributed by atoms with Crippen molar-refractivity contribution in [3.05, 3.63) is 20.9 Å². The molecule has 0 unspecified atom stereocenters. The van der Waals surface area contributed by atoms with Gasteiger partial charge < -0.3 is 9.64 Å². The lowest BCUT2D eigenvalue weighted by Gasteiger charge is -2.40. The normalized spacial score (nSPS) is 26.2. The van der Waals surface area contributed by atoms with Crippen LogP contribution in [0.1, 0.15) is 34.1 Å². The maximum absolute atomic E-state index is 12.1. The van der Waals surface area contributed by atoms with Crippen LogP contribution in [0.4, 0.5) is 4.79 Å². The van der Waals surface area contributed by atoms with Crippen LogP contribution in [-0.4, -0.2) is 41.3 Å². The SMILES string of the molecule is C[C@H]1C[C@@H](N=[N+]=[N-])[C@@H](N=[N+]=[N-])CN1C(=O)OC(C)(C)C. The summed E-state index contributed by atoms with van der Waals surface area (Å²) in [6.07, 6.45) is -0.0185. The predicted octanol–water partition coefficient (Wildman–Crippen LogP) is 3.37. The Morgan fingerprint density at radius 2 is 1.80 bits per heavy atom. The van der Waals surface area contributed by atoms with Gasteiger partial charge in [0.2, 0.25) is 0 Å². The lowest BCUT2D eigenvalue weighted by molar-refractivity contribution is 0.00829. The number of ether oxygens (including phenoxy) is 1. The minimum atomic E-state index is -0.591. The molecule has 0 saturated carbocycles. The molecule has 20 heavy (non-hydrogen) atoms. The van der Waals surface area contributed by atoms with Crippen molar-refractivity contribution in [1.82, 2.24) is 4.90 Å². The van der Waals surface area contributed by atoms with Gasteiger partial charge in [-0.15, -0.1) is 0 Å². The van der Waals surface area contributed by atoms with Crippen LogP contribution < -0.4 is 0 Å². The molecule has 0 aromatic rings. The maximum Gasteiger partial charge on any atom is 0.410 e. The van der Waals surface area contributed by atoms with Gasteiger partial charge in [-0.3, -0.25) is 0 Å². The van der Waals surface area contributed by atoms with Gasteiger partial charge in [-0.05, 0) is 45.2 Å². The average Bonchev–Trinajstić information content (AvgIpc) is 2.30. The van der Waals surface area contributed by atoms with E-state index in [1.807, 2.05) is 6.92 Å². The van der Waals surface area contributed by atoms with Crippen LogP contribution in [0.2, 0.25) is 0 Å². The summed E-state index contributed by atoms with van der Waals surface area (Å²) in [6, 6.07) is -1.16. The number of carbonyl (C=O) groups is 1. The fourth-order valence-electron chi connectivity index (χ4n) is 2.08. The second-order valence-corrected chi connectivity index (χ2v) is 5.76. The largest absolute Gasteiger partial charge is 0.444 e. The van der Waals surface area contributed by atoms with E-state index in [0.29, 0.717) is 6.42 Å². The molecule has 0 aromatic carbocycles. The predicted molar refractivity (Wildman–Crippen MR) is 72.9 cm³/mol. The van der Waals surface area contributed by atoms with Gasteiger partial charge in [0.25, 0.3) is 0 Å². The molecule has 0 radical (unpaired) electrons. The minimum absolute atomic E-state index is 0.148. The summed E-state index contributed by atoms with van der Waals surface area (Å²) in [5.41, 5.74) is 16.5. The topological polar surface area (TPSA) is 127 Å². The van der Waals surface area contributed by atoms with Crippen molar-refractivity contribution in [2.24, 2.45) is 10.2 Å². The summed E-state index contributed by atoms with van der Waals surface area (Å²) in [5, 5.41) is 7.25. The Bertz CT molecular complexity index is 460. The van der Waals surface area contributed by atoms with E-state index in [1.54, 1.807) is 20.8 Å². The highest BCUT2D eigenvalue weighted by atomic mass is 16.6. The first-order valence-electron chi connectivity index (χ1n) is 6.36. The maximum atomic E-state index is 12.1. The van der Waals surface area contributed by atoms with Crippen molar-refractivity contribution < 1.29 is 9.53 Å². The monoisotopic (exact) mass is 281 g/mol. The lowest BCUT2D eigenvalue weighted by Crippen LogP contribution is -2.53. The summed E-state index contributed by atoms with van der Waals surface area (Å²) < 4.78 is 5.32. The van der Waals surface area contributed by atoms with Gasteiger partial charge in [0.05, 0.1) is 6.04 Å². The molecule has 1 saturated heterocycles. The second kappa shape index (κ2) is 6.36. The van der Waals surface area contributed by atoms with Crippen molar-refractivity contribution in [3.8, 4) is 0 Å². The van der Waals surface area contributed by atoms with E-state index >= 15 is 0 Å². The summed E-state index contributed by atoms with van der Waals surface area (Å²) in [5.74, 6) is 0. The third-order valence-corrected chi connectivity index (χ3v) is 2.97. The molecule has 0 bridgehead atoms. The van der Waals surface area contributed by atoms with Crippen molar-refractivity contribution in [3.63, 3.8) is 0 Å². The first-order chi connectivity index (χ1) is 9.28. The molecule has 1 amide bonds. The first-order valence-corrected chi connectivity index (χ1v) is 6.36. The van der Waals surface area contributed by atoms with Crippen LogP contribution in [0.25, 0.3) is 20.9 Å². The van der Waals surface area contributed by atoms with Gasteiger partial charge in [0, 0.05) is 28.5 Å². The average molecular weight is 281 g/mol. The minimum Gasteiger partial charge on any atom is -0.444 e. The zero-order valence-corrected chi connectivity index (χ0v) is 12.1. The van der Waals surface area contributed by atoms with Crippen molar-refractivity contribution >= 4 is 6.09 Å². The standard InChI is InChI=1S/C11H19N7O2/c1-7-5-8(14-16-12)9(15-17-13)6-18(7)10(19)20-11(2,3)4/h7-9H,5-6H2,1-4H3/t7-,8+,9-/m0/s1. The molecule has 110 valence electrons. The summed E-state index contributed by atoms with van der Waals surface area (Å²) in [6.45, 7) is 7.38. The molecule has 1 aliphatic heterocycles. The molecule has 1 rings (SSSR count). The molecule has 1 heterocycles. The number of amides is 1. The van der Waals surface area contributed by atoms with Crippen molar-refractivity contribution in [2.75, 3.05) is 6.54 Å². The quantitative estimate of drug-likeness (QED) is 0.436. The first kappa shape index (κ1) is 15.9. The fourth-order valence-corrected chi connectivity index (χ4v) is 2.08. The zero-order chi connectivity index (χ0) is 15.3. The Kier molecular flexibility index (Phi) is 5.07. The van der Waals surface area contributed by atoms with Crippen LogP contribution in [0.15, 0.2) is 10.2 Å². The molecule has 0 aromatic heterocycles. The van der Waals surface area contributed by atoms with E-state index in [4.69, 9.17) is 15.8 Å². The number of likely N-dealkylation sites (tertiary alicyclic amines) is 1. The number of hydrogen-bond acceptors (Lipinski definition) is 4. The van der Waals surface area contributed by atoms with Gasteiger partial charge in [0.15, 0.2) is 0 Å². The van der Waals surface area contributed by atoms with E-state index in [-0.39, 0.29) is 12.6 Å². The molecule has 1 fully saturated rings. The molecular weight excluding hydrogens is 262 g/mol. The summed E-state index contributed by atoms with van der Waals surface area (Å²) in [4.78, 5) is 19.1. The third kappa shape index (κ3) is 4.22. The van der Waals surface area contributed by atoms with Gasteiger partial charge in [-0.1, -0.05) is 10.2 Å². The number of rotatable bonds is 2. The Labute approximate surface area is 117 Å². The molecule has 1 aliphatic rings. The number of carbonyl (C=O) groups excluding carboxylic acids is 1. The van der Waals surface area contributed by atoms with E-state index in [2.05, 4.69) is 20.1 Å². The third-order valence-electron chi connectivity index (χ3n) is 2.97. The van der Waals surface area contributed by atoms with Gasteiger partial charge >= 0.3 is 6.09 Å². The van der Waals surface area contributed by atoms with Crippen LogP contribution in [-0.2, 0) is 4.74 Å². The van der Waals surface area contributed by atoms with Crippen LogP contribution in [0.5, 0.6) is 0 Å². The van der Waals surface area contributed by atoms with Gasteiger partial charge in [0.1, 0.15) is 5.60 Å². The molecule has 9 heteroatoms. The molecule has 3 atom stereocenters. The van der Waals surface area contributed by atoms with Gasteiger partial charge in [-0.25, -0.2) is 4.79 Å². The van der Waals surface area contributed by atoms with Gasteiger partial charge in [-0.2, -0.15) is 0 Å².